The number of hydrogen-bond acceptors (Lipinski definition) is 3. The highest BCUT2D eigenvalue weighted by Gasteiger charge is 2.30. The molecule has 176 valence electrons. The van der Waals surface area contributed by atoms with Crippen molar-refractivity contribution >= 4 is 11.6 Å². The maximum Gasteiger partial charge on any atom is 0.416 e. The van der Waals surface area contributed by atoms with E-state index in [1.807, 2.05) is 32.3 Å². The van der Waals surface area contributed by atoms with E-state index in [9.17, 15) is 18.0 Å². The number of allylic oxidation sites excluding steroid dienone is 1. The standard InChI is InChI=1S/C27H26F3N3O/c1-17(33(2)3)19-6-8-20(9-7-19)23-13-12-22-24(31-23)14-15-25(22)32-26(34)16-18-4-10-21(11-5-18)27(28,29)30/h4-13,15,17H,14,16H2,1-3H3,(H,32,34). The number of carbonyl (C=O) groups excluding carboxylic acids is 1. The minimum atomic E-state index is -4.39. The van der Waals surface area contributed by atoms with Gasteiger partial charge in [0.15, 0.2) is 0 Å². The fourth-order valence-corrected chi connectivity index (χ4v) is 3.91. The minimum Gasteiger partial charge on any atom is -0.325 e. The van der Waals surface area contributed by atoms with Gasteiger partial charge in [-0.15, -0.1) is 0 Å². The van der Waals surface area contributed by atoms with Gasteiger partial charge in [-0.2, -0.15) is 13.2 Å². The third-order valence-electron chi connectivity index (χ3n) is 6.15. The Balaban J connectivity index is 1.42. The number of nitrogens with one attached hydrogen (secondary N) is 1. The monoisotopic (exact) mass is 465 g/mol. The fourth-order valence-electron chi connectivity index (χ4n) is 3.91. The summed E-state index contributed by atoms with van der Waals surface area (Å²) >= 11 is 0. The number of aromatic nitrogens is 1. The number of halogens is 3. The van der Waals surface area contributed by atoms with E-state index in [0.29, 0.717) is 23.7 Å². The van der Waals surface area contributed by atoms with Gasteiger partial charge in [0.2, 0.25) is 5.91 Å². The van der Waals surface area contributed by atoms with E-state index in [1.165, 1.54) is 17.7 Å². The van der Waals surface area contributed by atoms with Crippen LogP contribution in [0.1, 0.15) is 40.9 Å². The average molecular weight is 466 g/mol. The Morgan fingerprint density at radius 2 is 1.71 bits per heavy atom. The number of amides is 1. The molecule has 3 aromatic rings. The first kappa shape index (κ1) is 23.7. The van der Waals surface area contributed by atoms with Gasteiger partial charge in [-0.25, -0.2) is 0 Å². The lowest BCUT2D eigenvalue weighted by Gasteiger charge is -2.20. The Bertz CT molecular complexity index is 1210. The molecule has 1 heterocycles. The molecular weight excluding hydrogens is 439 g/mol. The van der Waals surface area contributed by atoms with Crippen LogP contribution in [-0.4, -0.2) is 29.9 Å². The molecule has 1 aliphatic carbocycles. The summed E-state index contributed by atoms with van der Waals surface area (Å²) in [7, 11) is 4.10. The Kier molecular flexibility index (Phi) is 6.57. The van der Waals surface area contributed by atoms with Gasteiger partial charge in [-0.05, 0) is 56.4 Å². The number of nitrogens with zero attached hydrogens (tertiary/aromatic N) is 2. The van der Waals surface area contributed by atoms with Gasteiger partial charge in [-0.3, -0.25) is 9.78 Å². The molecule has 0 fully saturated rings. The molecule has 0 saturated heterocycles. The molecule has 1 N–H and O–H groups in total. The maximum atomic E-state index is 12.7. The molecule has 1 unspecified atom stereocenters. The number of hydrogen-bond donors (Lipinski definition) is 1. The molecule has 0 aliphatic heterocycles. The number of benzene rings is 2. The molecule has 2 aromatic carbocycles. The predicted octanol–water partition coefficient (Wildman–Crippen LogP) is 5.65. The first-order chi connectivity index (χ1) is 16.1. The fraction of sp³-hybridized carbons (Fsp3) is 0.259. The summed E-state index contributed by atoms with van der Waals surface area (Å²) in [6, 6.07) is 17.2. The van der Waals surface area contributed by atoms with Crippen LogP contribution in [0, 0.1) is 0 Å². The molecule has 1 aliphatic rings. The van der Waals surface area contributed by atoms with E-state index in [1.54, 1.807) is 0 Å². The van der Waals surface area contributed by atoms with Crippen LogP contribution < -0.4 is 5.32 Å². The van der Waals surface area contributed by atoms with E-state index in [4.69, 9.17) is 4.98 Å². The van der Waals surface area contributed by atoms with Gasteiger partial charge in [-0.1, -0.05) is 42.5 Å². The third-order valence-corrected chi connectivity index (χ3v) is 6.15. The largest absolute Gasteiger partial charge is 0.416 e. The van der Waals surface area contributed by atoms with Gasteiger partial charge >= 0.3 is 6.18 Å². The van der Waals surface area contributed by atoms with Gasteiger partial charge in [0.05, 0.1) is 23.4 Å². The lowest BCUT2D eigenvalue weighted by Crippen LogP contribution is -2.23. The molecule has 0 radical (unpaired) electrons. The highest BCUT2D eigenvalue weighted by molar-refractivity contribution is 5.89. The van der Waals surface area contributed by atoms with E-state index < -0.39 is 11.7 Å². The topological polar surface area (TPSA) is 45.2 Å². The Labute approximate surface area is 197 Å². The molecule has 0 spiro atoms. The molecule has 7 heteroatoms. The van der Waals surface area contributed by atoms with Crippen LogP contribution in [0.3, 0.4) is 0 Å². The molecule has 4 rings (SSSR count). The van der Waals surface area contributed by atoms with Crippen LogP contribution in [-0.2, 0) is 23.8 Å². The van der Waals surface area contributed by atoms with E-state index >= 15 is 0 Å². The van der Waals surface area contributed by atoms with E-state index in [-0.39, 0.29) is 12.3 Å². The van der Waals surface area contributed by atoms with E-state index in [0.717, 1.165) is 34.6 Å². The second kappa shape index (κ2) is 9.43. The lowest BCUT2D eigenvalue weighted by molar-refractivity contribution is -0.137. The second-order valence-electron chi connectivity index (χ2n) is 8.69. The van der Waals surface area contributed by atoms with Gasteiger partial charge in [0, 0.05) is 29.3 Å². The summed E-state index contributed by atoms with van der Waals surface area (Å²) in [5.74, 6) is -0.284. The first-order valence-electron chi connectivity index (χ1n) is 11.0. The normalized spacial score (nSPS) is 14.0. The van der Waals surface area contributed by atoms with Crippen LogP contribution in [0.15, 0.2) is 66.7 Å². The van der Waals surface area contributed by atoms with Crippen molar-refractivity contribution < 1.29 is 18.0 Å². The van der Waals surface area contributed by atoms with Crippen molar-refractivity contribution in [2.75, 3.05) is 14.1 Å². The zero-order valence-corrected chi connectivity index (χ0v) is 19.3. The van der Waals surface area contributed by atoms with E-state index in [2.05, 4.69) is 41.4 Å². The Hall–Kier alpha value is -3.45. The zero-order chi connectivity index (χ0) is 24.5. The number of pyridine rings is 1. The molecular formula is C27H26F3N3O. The molecule has 0 bridgehead atoms. The first-order valence-corrected chi connectivity index (χ1v) is 11.0. The number of fused-ring (bicyclic) bond motifs is 1. The van der Waals surface area contributed by atoms with Crippen molar-refractivity contribution in [3.63, 3.8) is 0 Å². The SMILES string of the molecule is CC(c1ccc(-c2ccc3c(n2)CC=C3NC(=O)Cc2ccc(C(F)(F)F)cc2)cc1)N(C)C. The van der Waals surface area contributed by atoms with Gasteiger partial charge in [0.1, 0.15) is 0 Å². The number of carbonyl (C=O) groups is 1. The van der Waals surface area contributed by atoms with Crippen molar-refractivity contribution in [3.8, 4) is 11.3 Å². The highest BCUT2D eigenvalue weighted by atomic mass is 19.4. The van der Waals surface area contributed by atoms with Crippen molar-refractivity contribution in [2.24, 2.45) is 0 Å². The molecule has 4 nitrogen and oxygen atoms in total. The van der Waals surface area contributed by atoms with Crippen molar-refractivity contribution in [3.05, 3.63) is 94.7 Å². The van der Waals surface area contributed by atoms with Crippen LogP contribution in [0.4, 0.5) is 13.2 Å². The molecule has 34 heavy (non-hydrogen) atoms. The predicted molar refractivity (Wildman–Crippen MR) is 127 cm³/mol. The van der Waals surface area contributed by atoms with Crippen LogP contribution in [0.5, 0.6) is 0 Å². The summed E-state index contributed by atoms with van der Waals surface area (Å²) < 4.78 is 38.1. The highest BCUT2D eigenvalue weighted by Crippen LogP contribution is 2.30. The number of alkyl halides is 3. The van der Waals surface area contributed by atoms with Gasteiger partial charge < -0.3 is 10.2 Å². The quantitative estimate of drug-likeness (QED) is 0.512. The van der Waals surface area contributed by atoms with Crippen molar-refractivity contribution in [1.29, 1.82) is 0 Å². The zero-order valence-electron chi connectivity index (χ0n) is 19.3. The minimum absolute atomic E-state index is 0.00591. The van der Waals surface area contributed by atoms with Crippen molar-refractivity contribution in [1.82, 2.24) is 15.2 Å². The summed E-state index contributed by atoms with van der Waals surface area (Å²) in [5.41, 5.74) is 5.34. The molecule has 1 amide bonds. The Morgan fingerprint density at radius 1 is 1.03 bits per heavy atom. The average Bonchev–Trinajstić information content (AvgIpc) is 3.20. The van der Waals surface area contributed by atoms with Crippen LogP contribution in [0.2, 0.25) is 0 Å². The van der Waals surface area contributed by atoms with Crippen LogP contribution in [0.25, 0.3) is 17.0 Å². The maximum absolute atomic E-state index is 12.7. The summed E-state index contributed by atoms with van der Waals surface area (Å²) in [6.45, 7) is 2.15. The summed E-state index contributed by atoms with van der Waals surface area (Å²) in [5, 5.41) is 2.87. The summed E-state index contributed by atoms with van der Waals surface area (Å²) in [4.78, 5) is 19.4. The molecule has 0 saturated carbocycles. The smallest absolute Gasteiger partial charge is 0.325 e. The molecule has 1 aromatic heterocycles. The summed E-state index contributed by atoms with van der Waals surface area (Å²) in [6.07, 6.45) is -1.88. The second-order valence-corrected chi connectivity index (χ2v) is 8.69. The lowest BCUT2D eigenvalue weighted by atomic mass is 10.0. The van der Waals surface area contributed by atoms with Gasteiger partial charge in [0.25, 0.3) is 0 Å². The van der Waals surface area contributed by atoms with Crippen molar-refractivity contribution in [2.45, 2.75) is 32.0 Å². The molecule has 1 atom stereocenters. The number of rotatable bonds is 6. The Morgan fingerprint density at radius 3 is 2.32 bits per heavy atom. The third kappa shape index (κ3) is 5.20. The van der Waals surface area contributed by atoms with Crippen LogP contribution >= 0.6 is 0 Å².